The summed E-state index contributed by atoms with van der Waals surface area (Å²) in [6, 6.07) is 18.1. The lowest BCUT2D eigenvalue weighted by Crippen LogP contribution is -2.42. The van der Waals surface area contributed by atoms with Crippen LogP contribution in [0.3, 0.4) is 0 Å². The van der Waals surface area contributed by atoms with E-state index in [0.29, 0.717) is 19.7 Å². The molecule has 0 aliphatic carbocycles. The standard InChI is InChI=1S/C23H29N3O3/c1-18-8-10-19(11-9-18)16-25-23(28)22(27)24-12-5-13-26-14-15-29-21(17-26)20-6-3-2-4-7-20/h2-4,6-11,21H,5,12-17H2,1H3,(H,24,27)(H,25,28)/t21-/m1/s1. The van der Waals surface area contributed by atoms with Gasteiger partial charge in [-0.25, -0.2) is 0 Å². The van der Waals surface area contributed by atoms with Crippen LogP contribution in [0.5, 0.6) is 0 Å². The molecule has 0 saturated carbocycles. The van der Waals surface area contributed by atoms with Crippen LogP contribution in [0.1, 0.15) is 29.2 Å². The molecule has 1 fully saturated rings. The first-order valence-electron chi connectivity index (χ1n) is 10.1. The molecule has 29 heavy (non-hydrogen) atoms. The summed E-state index contributed by atoms with van der Waals surface area (Å²) in [6.45, 7) is 6.12. The van der Waals surface area contributed by atoms with Gasteiger partial charge in [-0.2, -0.15) is 0 Å². The Hall–Kier alpha value is -2.70. The maximum Gasteiger partial charge on any atom is 0.309 e. The SMILES string of the molecule is Cc1ccc(CNC(=O)C(=O)NCCCN2CCO[C@@H](c3ccccc3)C2)cc1. The summed E-state index contributed by atoms with van der Waals surface area (Å²) < 4.78 is 5.88. The number of carbonyl (C=O) groups excluding carboxylic acids is 2. The van der Waals surface area contributed by atoms with Crippen molar-refractivity contribution in [3.8, 4) is 0 Å². The van der Waals surface area contributed by atoms with Crippen molar-refractivity contribution < 1.29 is 14.3 Å². The summed E-state index contributed by atoms with van der Waals surface area (Å²) in [5.74, 6) is -1.18. The van der Waals surface area contributed by atoms with Crippen molar-refractivity contribution in [3.05, 3.63) is 71.3 Å². The van der Waals surface area contributed by atoms with Gasteiger partial charge in [-0.1, -0.05) is 60.2 Å². The van der Waals surface area contributed by atoms with Gasteiger partial charge in [0.15, 0.2) is 0 Å². The number of carbonyl (C=O) groups is 2. The zero-order valence-electron chi connectivity index (χ0n) is 16.9. The summed E-state index contributed by atoms with van der Waals surface area (Å²) in [7, 11) is 0. The molecular weight excluding hydrogens is 366 g/mol. The fourth-order valence-electron chi connectivity index (χ4n) is 3.33. The van der Waals surface area contributed by atoms with E-state index < -0.39 is 11.8 Å². The van der Waals surface area contributed by atoms with Gasteiger partial charge in [-0.05, 0) is 24.5 Å². The van der Waals surface area contributed by atoms with Crippen LogP contribution in [0.25, 0.3) is 0 Å². The Kier molecular flexibility index (Phi) is 7.78. The quantitative estimate of drug-likeness (QED) is 0.557. The number of aryl methyl sites for hydroxylation is 1. The molecule has 154 valence electrons. The number of morpholine rings is 1. The third kappa shape index (κ3) is 6.69. The lowest BCUT2D eigenvalue weighted by atomic mass is 10.1. The smallest absolute Gasteiger partial charge is 0.309 e. The van der Waals surface area contributed by atoms with Gasteiger partial charge in [0.1, 0.15) is 0 Å². The molecule has 1 aliphatic heterocycles. The average molecular weight is 396 g/mol. The van der Waals surface area contributed by atoms with E-state index in [4.69, 9.17) is 4.74 Å². The summed E-state index contributed by atoms with van der Waals surface area (Å²) in [6.07, 6.45) is 0.880. The molecule has 0 radical (unpaired) electrons. The Morgan fingerprint density at radius 2 is 1.76 bits per heavy atom. The van der Waals surface area contributed by atoms with Crippen LogP contribution in [0.4, 0.5) is 0 Å². The fraction of sp³-hybridized carbons (Fsp3) is 0.391. The van der Waals surface area contributed by atoms with E-state index >= 15 is 0 Å². The van der Waals surface area contributed by atoms with Crippen molar-refractivity contribution in [1.29, 1.82) is 0 Å². The second kappa shape index (κ2) is 10.7. The Balaban J connectivity index is 1.32. The van der Waals surface area contributed by atoms with Gasteiger partial charge in [-0.15, -0.1) is 0 Å². The second-order valence-electron chi connectivity index (χ2n) is 7.35. The van der Waals surface area contributed by atoms with E-state index in [1.54, 1.807) is 0 Å². The minimum absolute atomic E-state index is 0.0899. The van der Waals surface area contributed by atoms with Gasteiger partial charge < -0.3 is 15.4 Å². The Bertz CT molecular complexity index is 793. The highest BCUT2D eigenvalue weighted by atomic mass is 16.5. The molecule has 2 aromatic carbocycles. The van der Waals surface area contributed by atoms with Crippen LogP contribution < -0.4 is 10.6 Å². The van der Waals surface area contributed by atoms with Gasteiger partial charge in [0, 0.05) is 32.7 Å². The topological polar surface area (TPSA) is 70.7 Å². The lowest BCUT2D eigenvalue weighted by Gasteiger charge is -2.33. The largest absolute Gasteiger partial charge is 0.371 e. The highest BCUT2D eigenvalue weighted by molar-refractivity contribution is 6.35. The zero-order chi connectivity index (χ0) is 20.5. The maximum absolute atomic E-state index is 11.9. The van der Waals surface area contributed by atoms with Crippen molar-refractivity contribution in [2.75, 3.05) is 32.8 Å². The molecule has 1 saturated heterocycles. The van der Waals surface area contributed by atoms with E-state index in [2.05, 4.69) is 27.7 Å². The third-order valence-corrected chi connectivity index (χ3v) is 5.04. The molecule has 0 unspecified atom stereocenters. The molecule has 2 aromatic rings. The summed E-state index contributed by atoms with van der Waals surface area (Å²) >= 11 is 0. The Morgan fingerprint density at radius 3 is 2.52 bits per heavy atom. The number of hydrogen-bond acceptors (Lipinski definition) is 4. The molecule has 2 amide bonds. The molecule has 0 aromatic heterocycles. The Labute approximate surface area is 172 Å². The summed E-state index contributed by atoms with van der Waals surface area (Å²) in [4.78, 5) is 26.2. The highest BCUT2D eigenvalue weighted by Crippen LogP contribution is 2.21. The lowest BCUT2D eigenvalue weighted by molar-refractivity contribution is -0.139. The van der Waals surface area contributed by atoms with Crippen LogP contribution in [-0.4, -0.2) is 49.5 Å². The van der Waals surface area contributed by atoms with E-state index in [9.17, 15) is 9.59 Å². The Morgan fingerprint density at radius 1 is 1.03 bits per heavy atom. The number of ether oxygens (including phenoxy) is 1. The van der Waals surface area contributed by atoms with E-state index in [1.807, 2.05) is 49.4 Å². The first kappa shape index (κ1) is 21.0. The van der Waals surface area contributed by atoms with Gasteiger partial charge >= 0.3 is 11.8 Å². The molecule has 2 N–H and O–H groups in total. The molecule has 0 spiro atoms. The number of nitrogens with one attached hydrogen (secondary N) is 2. The van der Waals surface area contributed by atoms with Crippen molar-refractivity contribution in [3.63, 3.8) is 0 Å². The van der Waals surface area contributed by atoms with Crippen molar-refractivity contribution in [2.24, 2.45) is 0 Å². The number of amides is 2. The van der Waals surface area contributed by atoms with Crippen LogP contribution >= 0.6 is 0 Å². The number of hydrogen-bond donors (Lipinski definition) is 2. The average Bonchev–Trinajstić information content (AvgIpc) is 2.77. The first-order valence-corrected chi connectivity index (χ1v) is 10.1. The molecule has 6 nitrogen and oxygen atoms in total. The maximum atomic E-state index is 11.9. The van der Waals surface area contributed by atoms with Crippen LogP contribution in [0, 0.1) is 6.92 Å². The third-order valence-electron chi connectivity index (χ3n) is 5.04. The monoisotopic (exact) mass is 395 g/mol. The van der Waals surface area contributed by atoms with Crippen LogP contribution in [0.15, 0.2) is 54.6 Å². The molecular formula is C23H29N3O3. The van der Waals surface area contributed by atoms with Crippen LogP contribution in [-0.2, 0) is 20.9 Å². The number of rotatable bonds is 7. The van der Waals surface area contributed by atoms with E-state index in [1.165, 1.54) is 5.56 Å². The van der Waals surface area contributed by atoms with Gasteiger partial charge in [0.25, 0.3) is 0 Å². The molecule has 1 aliphatic rings. The van der Waals surface area contributed by atoms with E-state index in [0.717, 1.165) is 37.2 Å². The molecule has 0 bridgehead atoms. The van der Waals surface area contributed by atoms with Crippen molar-refractivity contribution >= 4 is 11.8 Å². The summed E-state index contributed by atoms with van der Waals surface area (Å²) in [5.41, 5.74) is 3.32. The fourth-order valence-corrected chi connectivity index (χ4v) is 3.33. The highest BCUT2D eigenvalue weighted by Gasteiger charge is 2.21. The van der Waals surface area contributed by atoms with Gasteiger partial charge in [0.05, 0.1) is 12.7 Å². The van der Waals surface area contributed by atoms with Crippen molar-refractivity contribution in [2.45, 2.75) is 26.0 Å². The second-order valence-corrected chi connectivity index (χ2v) is 7.35. The zero-order valence-corrected chi connectivity index (χ0v) is 16.9. The first-order chi connectivity index (χ1) is 14.1. The number of nitrogens with zero attached hydrogens (tertiary/aromatic N) is 1. The molecule has 1 heterocycles. The normalized spacial score (nSPS) is 16.9. The molecule has 1 atom stereocenters. The minimum Gasteiger partial charge on any atom is -0.371 e. The predicted octanol–water partition coefficient (Wildman–Crippen LogP) is 2.19. The van der Waals surface area contributed by atoms with E-state index in [-0.39, 0.29) is 6.10 Å². The van der Waals surface area contributed by atoms with Gasteiger partial charge in [0.2, 0.25) is 0 Å². The molecule has 3 rings (SSSR count). The summed E-state index contributed by atoms with van der Waals surface area (Å²) in [5, 5.41) is 5.36. The van der Waals surface area contributed by atoms with Gasteiger partial charge in [-0.3, -0.25) is 14.5 Å². The molecule has 6 heteroatoms. The predicted molar refractivity (Wildman–Crippen MR) is 112 cm³/mol. The minimum atomic E-state index is -0.596. The number of benzene rings is 2. The van der Waals surface area contributed by atoms with Crippen LogP contribution in [0.2, 0.25) is 0 Å². The van der Waals surface area contributed by atoms with Crippen molar-refractivity contribution in [1.82, 2.24) is 15.5 Å².